The second-order valence-corrected chi connectivity index (χ2v) is 5.40. The molecule has 0 saturated carbocycles. The molecule has 0 radical (unpaired) electrons. The molecule has 2 rings (SSSR count). The van der Waals surface area contributed by atoms with E-state index in [2.05, 4.69) is 15.9 Å². The quantitative estimate of drug-likeness (QED) is 0.699. The number of hydrogen-bond acceptors (Lipinski definition) is 1. The van der Waals surface area contributed by atoms with Gasteiger partial charge in [-0.05, 0) is 26.0 Å². The first-order valence-corrected chi connectivity index (χ1v) is 7.27. The van der Waals surface area contributed by atoms with E-state index in [0.717, 1.165) is 17.2 Å². The number of hydrogen-bond donors (Lipinski definition) is 0. The summed E-state index contributed by atoms with van der Waals surface area (Å²) < 4.78 is 32.8. The summed E-state index contributed by atoms with van der Waals surface area (Å²) in [6, 6.07) is 9.86. The van der Waals surface area contributed by atoms with Crippen LogP contribution in [0.2, 0.25) is 0 Å². The molecule has 0 spiro atoms. The van der Waals surface area contributed by atoms with Crippen LogP contribution in [0.15, 0.2) is 36.4 Å². The van der Waals surface area contributed by atoms with Gasteiger partial charge in [-0.25, -0.2) is 8.78 Å². The molecule has 0 fully saturated rings. The number of ether oxygens (including phenoxy) is 1. The van der Waals surface area contributed by atoms with E-state index in [1.807, 2.05) is 32.0 Å². The van der Waals surface area contributed by atoms with Gasteiger partial charge in [-0.1, -0.05) is 45.8 Å². The highest BCUT2D eigenvalue weighted by molar-refractivity contribution is 9.09. The van der Waals surface area contributed by atoms with E-state index in [9.17, 15) is 8.78 Å². The molecule has 0 amide bonds. The van der Waals surface area contributed by atoms with Crippen LogP contribution in [0.4, 0.5) is 8.78 Å². The van der Waals surface area contributed by atoms with Crippen LogP contribution in [0.3, 0.4) is 0 Å². The second kappa shape index (κ2) is 6.35. The third kappa shape index (κ3) is 3.01. The van der Waals surface area contributed by atoms with Crippen LogP contribution in [0.1, 0.15) is 28.4 Å². The lowest BCUT2D eigenvalue weighted by atomic mass is 10.0. The van der Waals surface area contributed by atoms with Gasteiger partial charge in [0.15, 0.2) is 11.6 Å². The highest BCUT2D eigenvalue weighted by Gasteiger charge is 2.20. The van der Waals surface area contributed by atoms with Crippen molar-refractivity contribution >= 4 is 15.9 Å². The summed E-state index contributed by atoms with van der Waals surface area (Å²) in [5.41, 5.74) is 2.08. The lowest BCUT2D eigenvalue weighted by Gasteiger charge is -2.17. The molecule has 0 aliphatic heterocycles. The van der Waals surface area contributed by atoms with Crippen molar-refractivity contribution < 1.29 is 13.5 Å². The van der Waals surface area contributed by atoms with E-state index in [4.69, 9.17) is 4.74 Å². The molecule has 1 atom stereocenters. The Morgan fingerprint density at radius 2 is 1.90 bits per heavy atom. The molecule has 0 saturated heterocycles. The van der Waals surface area contributed by atoms with Crippen molar-refractivity contribution in [3.63, 3.8) is 0 Å². The molecule has 0 aliphatic carbocycles. The van der Waals surface area contributed by atoms with Gasteiger partial charge in [-0.2, -0.15) is 0 Å². The van der Waals surface area contributed by atoms with Crippen molar-refractivity contribution in [2.45, 2.75) is 18.7 Å². The average Bonchev–Trinajstić information content (AvgIpc) is 2.43. The molecule has 4 heteroatoms. The van der Waals surface area contributed by atoms with Gasteiger partial charge in [0.1, 0.15) is 5.75 Å². The molecule has 0 N–H and O–H groups in total. The lowest BCUT2D eigenvalue weighted by molar-refractivity contribution is 0.337. The third-order valence-corrected chi connectivity index (χ3v) is 3.98. The Balaban J connectivity index is 2.49. The minimum atomic E-state index is -0.849. The Hall–Kier alpha value is -1.42. The fourth-order valence-electron chi connectivity index (χ4n) is 2.04. The van der Waals surface area contributed by atoms with Crippen LogP contribution in [-0.2, 0) is 0 Å². The average molecular weight is 341 g/mol. The molecule has 0 aliphatic rings. The molecule has 2 aromatic carbocycles. The van der Waals surface area contributed by atoms with Gasteiger partial charge in [-0.15, -0.1) is 0 Å². The fourth-order valence-corrected chi connectivity index (χ4v) is 2.75. The number of aryl methyl sites for hydroxylation is 1. The van der Waals surface area contributed by atoms with Gasteiger partial charge in [-0.3, -0.25) is 0 Å². The SMILES string of the molecule is CCOc1ccc(C)cc1C(Br)c1cccc(F)c1F. The second-order valence-electron chi connectivity index (χ2n) is 4.48. The first-order valence-electron chi connectivity index (χ1n) is 6.36. The standard InChI is InChI=1S/C16H15BrF2O/c1-3-20-14-8-7-10(2)9-12(14)15(17)11-5-4-6-13(18)16(11)19/h4-9,15H,3H2,1-2H3. The molecule has 106 valence electrons. The van der Waals surface area contributed by atoms with Crippen molar-refractivity contribution in [2.75, 3.05) is 6.61 Å². The van der Waals surface area contributed by atoms with Gasteiger partial charge < -0.3 is 4.74 Å². The Morgan fingerprint density at radius 3 is 2.60 bits per heavy atom. The van der Waals surface area contributed by atoms with E-state index in [-0.39, 0.29) is 5.56 Å². The van der Waals surface area contributed by atoms with E-state index in [0.29, 0.717) is 12.4 Å². The largest absolute Gasteiger partial charge is 0.494 e. The van der Waals surface area contributed by atoms with Crippen LogP contribution in [0.5, 0.6) is 5.75 Å². The zero-order valence-corrected chi connectivity index (χ0v) is 12.9. The highest BCUT2D eigenvalue weighted by atomic mass is 79.9. The minimum absolute atomic E-state index is 0.261. The van der Waals surface area contributed by atoms with Crippen LogP contribution in [0, 0.1) is 18.6 Å². The molecule has 0 bridgehead atoms. The fraction of sp³-hybridized carbons (Fsp3) is 0.250. The summed E-state index contributed by atoms with van der Waals surface area (Å²) in [5, 5.41) is 0. The number of benzene rings is 2. The Morgan fingerprint density at radius 1 is 1.15 bits per heavy atom. The monoisotopic (exact) mass is 340 g/mol. The maximum absolute atomic E-state index is 13.9. The number of alkyl halides is 1. The zero-order valence-electron chi connectivity index (χ0n) is 11.3. The zero-order chi connectivity index (χ0) is 14.7. The van der Waals surface area contributed by atoms with Crippen LogP contribution in [-0.4, -0.2) is 6.61 Å². The Labute approximate surface area is 125 Å². The summed E-state index contributed by atoms with van der Waals surface area (Å²) in [6.45, 7) is 4.35. The summed E-state index contributed by atoms with van der Waals surface area (Å²) in [6.07, 6.45) is 0. The van der Waals surface area contributed by atoms with Crippen molar-refractivity contribution in [1.29, 1.82) is 0 Å². The first-order chi connectivity index (χ1) is 9.54. The molecule has 1 nitrogen and oxygen atoms in total. The van der Waals surface area contributed by atoms with E-state index in [1.165, 1.54) is 6.07 Å². The first kappa shape index (κ1) is 15.0. The predicted octanol–water partition coefficient (Wildman–Crippen LogP) is 5.16. The van der Waals surface area contributed by atoms with E-state index in [1.54, 1.807) is 6.07 Å². The maximum atomic E-state index is 13.9. The number of rotatable bonds is 4. The molecule has 1 unspecified atom stereocenters. The van der Waals surface area contributed by atoms with Crippen molar-refractivity contribution in [3.05, 3.63) is 64.7 Å². The van der Waals surface area contributed by atoms with E-state index >= 15 is 0 Å². The normalized spacial score (nSPS) is 12.2. The molecule has 0 heterocycles. The summed E-state index contributed by atoms with van der Waals surface area (Å²) in [4.78, 5) is -0.459. The van der Waals surface area contributed by atoms with Gasteiger partial charge in [0.2, 0.25) is 0 Å². The minimum Gasteiger partial charge on any atom is -0.494 e. The smallest absolute Gasteiger partial charge is 0.163 e. The van der Waals surface area contributed by atoms with Crippen LogP contribution >= 0.6 is 15.9 Å². The maximum Gasteiger partial charge on any atom is 0.163 e. The summed E-state index contributed by atoms with van der Waals surface area (Å²) in [7, 11) is 0. The molecule has 2 aromatic rings. The van der Waals surface area contributed by atoms with Crippen molar-refractivity contribution in [2.24, 2.45) is 0 Å². The van der Waals surface area contributed by atoms with Crippen LogP contribution in [0.25, 0.3) is 0 Å². The molecule has 0 aromatic heterocycles. The van der Waals surface area contributed by atoms with Gasteiger partial charge >= 0.3 is 0 Å². The van der Waals surface area contributed by atoms with Gasteiger partial charge in [0, 0.05) is 11.1 Å². The van der Waals surface area contributed by atoms with Gasteiger partial charge in [0.05, 0.1) is 11.4 Å². The number of halogens is 3. The van der Waals surface area contributed by atoms with Crippen molar-refractivity contribution in [3.8, 4) is 5.75 Å². The lowest BCUT2D eigenvalue weighted by Crippen LogP contribution is -2.03. The Bertz CT molecular complexity index is 613. The third-order valence-electron chi connectivity index (χ3n) is 2.99. The summed E-state index contributed by atoms with van der Waals surface area (Å²) in [5.74, 6) is -1.01. The molecular weight excluding hydrogens is 326 g/mol. The Kier molecular flexibility index (Phi) is 4.76. The molecular formula is C16H15BrF2O. The topological polar surface area (TPSA) is 9.23 Å². The summed E-state index contributed by atoms with van der Waals surface area (Å²) >= 11 is 3.45. The van der Waals surface area contributed by atoms with Gasteiger partial charge in [0.25, 0.3) is 0 Å². The van der Waals surface area contributed by atoms with E-state index < -0.39 is 16.5 Å². The van der Waals surface area contributed by atoms with Crippen molar-refractivity contribution in [1.82, 2.24) is 0 Å². The predicted molar refractivity (Wildman–Crippen MR) is 79.5 cm³/mol. The van der Waals surface area contributed by atoms with Crippen LogP contribution < -0.4 is 4.74 Å². The molecule has 20 heavy (non-hydrogen) atoms. The highest BCUT2D eigenvalue weighted by Crippen LogP contribution is 2.38.